The Labute approximate surface area is 91.7 Å². The lowest BCUT2D eigenvalue weighted by Gasteiger charge is -1.92. The van der Waals surface area contributed by atoms with Crippen LogP contribution in [-0.2, 0) is 0 Å². The van der Waals surface area contributed by atoms with Crippen LogP contribution in [0.1, 0.15) is 10.4 Å². The number of carbonyl (C=O) groups is 1. The molecule has 0 unspecified atom stereocenters. The van der Waals surface area contributed by atoms with Crippen molar-refractivity contribution in [1.82, 2.24) is 4.98 Å². The van der Waals surface area contributed by atoms with Crippen LogP contribution in [0.4, 0.5) is 0 Å². The molecule has 3 nitrogen and oxygen atoms in total. The highest BCUT2D eigenvalue weighted by Gasteiger charge is 2.13. The predicted molar refractivity (Wildman–Crippen MR) is 61.4 cm³/mol. The van der Waals surface area contributed by atoms with Gasteiger partial charge in [-0.2, -0.15) is 0 Å². The molecule has 16 heavy (non-hydrogen) atoms. The second-order valence-electron chi connectivity index (χ2n) is 3.55. The fourth-order valence-electron chi connectivity index (χ4n) is 1.90. The summed E-state index contributed by atoms with van der Waals surface area (Å²) in [6.45, 7) is 0. The van der Waals surface area contributed by atoms with Crippen molar-refractivity contribution in [2.24, 2.45) is 0 Å². The maximum absolute atomic E-state index is 11.1. The van der Waals surface area contributed by atoms with E-state index in [1.807, 2.05) is 30.3 Å². The van der Waals surface area contributed by atoms with Gasteiger partial charge in [0.2, 0.25) is 0 Å². The van der Waals surface area contributed by atoms with Gasteiger partial charge in [0, 0.05) is 10.9 Å². The van der Waals surface area contributed by atoms with Gasteiger partial charge in [0.05, 0.1) is 17.5 Å². The molecule has 3 heteroatoms. The highest BCUT2D eigenvalue weighted by Crippen LogP contribution is 2.28. The largest absolute Gasteiger partial charge is 0.463 e. The lowest BCUT2D eigenvalue weighted by Crippen LogP contribution is -1.81. The van der Waals surface area contributed by atoms with Gasteiger partial charge in [-0.3, -0.25) is 4.79 Å². The average molecular weight is 211 g/mol. The normalized spacial score (nSPS) is 10.8. The number of benzene rings is 1. The predicted octanol–water partition coefficient (Wildman–Crippen LogP) is 3.24. The summed E-state index contributed by atoms with van der Waals surface area (Å²) in [5.41, 5.74) is 2.32. The van der Waals surface area contributed by atoms with Crippen LogP contribution in [0.2, 0.25) is 0 Å². The van der Waals surface area contributed by atoms with Gasteiger partial charge in [0.1, 0.15) is 0 Å². The van der Waals surface area contributed by atoms with E-state index in [9.17, 15) is 4.79 Å². The van der Waals surface area contributed by atoms with Crippen LogP contribution < -0.4 is 0 Å². The number of aromatic amines is 1. The Hall–Kier alpha value is -2.29. The van der Waals surface area contributed by atoms with Gasteiger partial charge >= 0.3 is 0 Å². The molecule has 3 rings (SSSR count). The molecule has 0 saturated carbocycles. The standard InChI is InChI=1S/C13H9NO2/c15-8-10-9-4-1-2-5-11(9)14-13(10)12-6-3-7-16-12/h1-8,14H. The Kier molecular flexibility index (Phi) is 1.90. The Morgan fingerprint density at radius 1 is 1.12 bits per heavy atom. The van der Waals surface area contributed by atoms with Crippen molar-refractivity contribution in [3.63, 3.8) is 0 Å². The van der Waals surface area contributed by atoms with Crippen LogP contribution in [0.5, 0.6) is 0 Å². The number of carbonyl (C=O) groups excluding carboxylic acids is 1. The Morgan fingerprint density at radius 2 is 2.00 bits per heavy atom. The first kappa shape index (κ1) is 8.97. The van der Waals surface area contributed by atoms with E-state index in [0.29, 0.717) is 11.3 Å². The monoisotopic (exact) mass is 211 g/mol. The van der Waals surface area contributed by atoms with Gasteiger partial charge < -0.3 is 9.40 Å². The average Bonchev–Trinajstić information content (AvgIpc) is 2.95. The van der Waals surface area contributed by atoms with Crippen LogP contribution in [0.25, 0.3) is 22.4 Å². The molecule has 0 aliphatic rings. The quantitative estimate of drug-likeness (QED) is 0.661. The minimum absolute atomic E-state index is 0.644. The van der Waals surface area contributed by atoms with E-state index in [4.69, 9.17) is 4.42 Å². The van der Waals surface area contributed by atoms with Crippen LogP contribution in [-0.4, -0.2) is 11.3 Å². The molecule has 0 spiro atoms. The third kappa shape index (κ3) is 1.18. The molecule has 2 heterocycles. The number of fused-ring (bicyclic) bond motifs is 1. The molecule has 1 aromatic carbocycles. The fraction of sp³-hybridized carbons (Fsp3) is 0. The van der Waals surface area contributed by atoms with Crippen molar-refractivity contribution in [3.05, 3.63) is 48.2 Å². The molecule has 0 saturated heterocycles. The summed E-state index contributed by atoms with van der Waals surface area (Å²) in [5, 5.41) is 0.920. The van der Waals surface area contributed by atoms with Crippen molar-refractivity contribution >= 4 is 17.2 Å². The van der Waals surface area contributed by atoms with Gasteiger partial charge in [0.25, 0.3) is 0 Å². The van der Waals surface area contributed by atoms with Gasteiger partial charge in [-0.05, 0) is 18.2 Å². The molecule has 3 aromatic rings. The third-order valence-electron chi connectivity index (χ3n) is 2.63. The summed E-state index contributed by atoms with van der Waals surface area (Å²) >= 11 is 0. The van der Waals surface area contributed by atoms with E-state index in [-0.39, 0.29) is 0 Å². The van der Waals surface area contributed by atoms with Gasteiger partial charge in [-0.25, -0.2) is 0 Å². The summed E-state index contributed by atoms with van der Waals surface area (Å²) in [4.78, 5) is 14.3. The molecule has 1 N–H and O–H groups in total. The molecule has 2 aromatic heterocycles. The van der Waals surface area contributed by atoms with Gasteiger partial charge in [-0.15, -0.1) is 0 Å². The Balaban J connectivity index is 2.37. The number of para-hydroxylation sites is 1. The number of hydrogen-bond donors (Lipinski definition) is 1. The van der Waals surface area contributed by atoms with Gasteiger partial charge in [-0.1, -0.05) is 18.2 Å². The Bertz CT molecular complexity index is 635. The molecular weight excluding hydrogens is 202 g/mol. The molecule has 0 radical (unpaired) electrons. The van der Waals surface area contributed by atoms with E-state index in [2.05, 4.69) is 4.98 Å². The number of aldehydes is 1. The first-order chi connectivity index (χ1) is 7.90. The molecular formula is C13H9NO2. The fourth-order valence-corrected chi connectivity index (χ4v) is 1.90. The van der Waals surface area contributed by atoms with E-state index in [1.165, 1.54) is 0 Å². The minimum Gasteiger partial charge on any atom is -0.463 e. The summed E-state index contributed by atoms with van der Waals surface area (Å²) in [5.74, 6) is 0.679. The molecule has 0 atom stereocenters. The molecule has 0 aliphatic heterocycles. The van der Waals surface area contributed by atoms with Crippen LogP contribution in [0, 0.1) is 0 Å². The maximum Gasteiger partial charge on any atom is 0.152 e. The highest BCUT2D eigenvalue weighted by atomic mass is 16.3. The van der Waals surface area contributed by atoms with E-state index >= 15 is 0 Å². The topological polar surface area (TPSA) is 46.0 Å². The first-order valence-corrected chi connectivity index (χ1v) is 5.00. The number of nitrogens with one attached hydrogen (secondary N) is 1. The van der Waals surface area contributed by atoms with Gasteiger partial charge in [0.15, 0.2) is 12.0 Å². The van der Waals surface area contributed by atoms with Crippen molar-refractivity contribution in [1.29, 1.82) is 0 Å². The van der Waals surface area contributed by atoms with Crippen LogP contribution in [0.15, 0.2) is 47.1 Å². The lowest BCUT2D eigenvalue weighted by atomic mass is 10.1. The third-order valence-corrected chi connectivity index (χ3v) is 2.63. The SMILES string of the molecule is O=Cc1c(-c2ccco2)[nH]c2ccccc12. The summed E-state index contributed by atoms with van der Waals surface area (Å²) < 4.78 is 5.30. The minimum atomic E-state index is 0.644. The molecule has 0 fully saturated rings. The van der Waals surface area contributed by atoms with Crippen LogP contribution in [0.3, 0.4) is 0 Å². The number of rotatable bonds is 2. The van der Waals surface area contributed by atoms with E-state index in [1.54, 1.807) is 12.3 Å². The zero-order valence-corrected chi connectivity index (χ0v) is 8.44. The highest BCUT2D eigenvalue weighted by molar-refractivity contribution is 6.03. The molecule has 0 bridgehead atoms. The number of aromatic nitrogens is 1. The van der Waals surface area contributed by atoms with Crippen molar-refractivity contribution in [3.8, 4) is 11.5 Å². The van der Waals surface area contributed by atoms with Crippen molar-refractivity contribution in [2.45, 2.75) is 0 Å². The smallest absolute Gasteiger partial charge is 0.152 e. The number of H-pyrrole nitrogens is 1. The maximum atomic E-state index is 11.1. The zero-order chi connectivity index (χ0) is 11.0. The molecule has 78 valence electrons. The van der Waals surface area contributed by atoms with Crippen LogP contribution >= 0.6 is 0 Å². The first-order valence-electron chi connectivity index (χ1n) is 5.00. The summed E-state index contributed by atoms with van der Waals surface area (Å²) in [6.07, 6.45) is 2.45. The van der Waals surface area contributed by atoms with Crippen molar-refractivity contribution in [2.75, 3.05) is 0 Å². The van der Waals surface area contributed by atoms with Crippen molar-refractivity contribution < 1.29 is 9.21 Å². The second kappa shape index (κ2) is 3.38. The van der Waals surface area contributed by atoms with E-state index in [0.717, 1.165) is 22.9 Å². The Morgan fingerprint density at radius 3 is 2.75 bits per heavy atom. The number of furan rings is 1. The summed E-state index contributed by atoms with van der Waals surface area (Å²) in [7, 11) is 0. The molecule has 0 aliphatic carbocycles. The van der Waals surface area contributed by atoms with E-state index < -0.39 is 0 Å². The number of hydrogen-bond acceptors (Lipinski definition) is 2. The zero-order valence-electron chi connectivity index (χ0n) is 8.44. The summed E-state index contributed by atoms with van der Waals surface area (Å²) in [6, 6.07) is 11.3. The second-order valence-corrected chi connectivity index (χ2v) is 3.55. The lowest BCUT2D eigenvalue weighted by molar-refractivity contribution is 0.112. The molecule has 0 amide bonds.